The number of carbonyl (C=O) groups is 2. The van der Waals surface area contributed by atoms with Crippen LogP contribution in [0.4, 0.5) is 10.3 Å². The van der Waals surface area contributed by atoms with Gasteiger partial charge in [0.15, 0.2) is 10.3 Å². The van der Waals surface area contributed by atoms with Crippen molar-refractivity contribution >= 4 is 78.9 Å². The highest BCUT2D eigenvalue weighted by Crippen LogP contribution is 2.13. The van der Waals surface area contributed by atoms with Crippen LogP contribution < -0.4 is 11.1 Å². The van der Waals surface area contributed by atoms with Crippen LogP contribution in [0.3, 0.4) is 0 Å². The van der Waals surface area contributed by atoms with Crippen LogP contribution in [0.5, 0.6) is 0 Å². The summed E-state index contributed by atoms with van der Waals surface area (Å²) in [6.07, 6.45) is 0. The number of carbonyl (C=O) groups excluding carboxylic acids is 2. The molecule has 0 fully saturated rings. The summed E-state index contributed by atoms with van der Waals surface area (Å²) in [4.78, 5) is 27.6. The summed E-state index contributed by atoms with van der Waals surface area (Å²) in [6.45, 7) is 6.58. The van der Waals surface area contributed by atoms with Gasteiger partial charge in [-0.3, -0.25) is 9.59 Å². The second kappa shape index (κ2) is 15.6. The van der Waals surface area contributed by atoms with Gasteiger partial charge < -0.3 is 11.1 Å². The minimum absolute atomic E-state index is 0.0747. The topological polar surface area (TPSA) is 98.0 Å². The molecule has 0 aliphatic heterocycles. The largest absolute Gasteiger partial charge is 0.375 e. The van der Waals surface area contributed by atoms with Crippen molar-refractivity contribution in [3.05, 3.63) is 22.1 Å². The first-order valence-corrected chi connectivity index (χ1v) is 9.48. The molecule has 0 radical (unpaired) electrons. The summed E-state index contributed by atoms with van der Waals surface area (Å²) < 4.78 is 0. The third-order valence-electron chi connectivity index (χ3n) is 1.54. The number of aromatic nitrogens is 2. The van der Waals surface area contributed by atoms with Gasteiger partial charge >= 0.3 is 0 Å². The molecule has 2 aromatic heterocycles. The van der Waals surface area contributed by atoms with Crippen molar-refractivity contribution in [3.63, 3.8) is 0 Å². The van der Waals surface area contributed by atoms with Gasteiger partial charge in [-0.15, -0.1) is 45.9 Å². The van der Waals surface area contributed by atoms with Crippen LogP contribution in [-0.2, 0) is 9.59 Å². The number of rotatable bonds is 1. The van der Waals surface area contributed by atoms with E-state index in [0.717, 1.165) is 11.4 Å². The fraction of sp³-hybridized carbons (Fsp3) is 0.385. The van der Waals surface area contributed by atoms with Gasteiger partial charge in [0, 0.05) is 24.6 Å². The minimum atomic E-state index is -0.361. The van der Waals surface area contributed by atoms with E-state index in [2.05, 4.69) is 26.9 Å². The first-order valence-electron chi connectivity index (χ1n) is 6.27. The zero-order chi connectivity index (χ0) is 19.1. The molecule has 0 saturated heterocycles. The first-order chi connectivity index (χ1) is 11.1. The van der Waals surface area contributed by atoms with Crippen LogP contribution in [-0.4, -0.2) is 26.5 Å². The molecule has 2 aromatic rings. The van der Waals surface area contributed by atoms with E-state index < -0.39 is 0 Å². The third kappa shape index (κ3) is 19.1. The Morgan fingerprint density at radius 3 is 1.75 bits per heavy atom. The number of thiazole rings is 2. The number of nitrogens with one attached hydrogen (secondary N) is 1. The van der Waals surface area contributed by atoms with Gasteiger partial charge in [-0.25, -0.2) is 9.97 Å². The molecule has 0 aliphatic carbocycles. The van der Waals surface area contributed by atoms with Crippen molar-refractivity contribution < 1.29 is 9.59 Å². The highest BCUT2D eigenvalue weighted by molar-refractivity contribution is 7.14. The number of aryl methyl sites for hydroxylation is 2. The van der Waals surface area contributed by atoms with E-state index in [1.807, 2.05) is 24.6 Å². The number of hydrogen-bond donors (Lipinski definition) is 2. The van der Waals surface area contributed by atoms with Crippen molar-refractivity contribution in [2.24, 2.45) is 0 Å². The van der Waals surface area contributed by atoms with E-state index >= 15 is 0 Å². The van der Waals surface area contributed by atoms with Gasteiger partial charge in [-0.2, -0.15) is 0 Å². The van der Waals surface area contributed by atoms with Crippen LogP contribution in [0.1, 0.15) is 25.2 Å². The maximum absolute atomic E-state index is 10.5. The lowest BCUT2D eigenvalue weighted by atomic mass is 10.6. The molecule has 0 unspecified atom stereocenters. The van der Waals surface area contributed by atoms with Crippen LogP contribution >= 0.6 is 57.5 Å². The molecule has 136 valence electrons. The number of alkyl halides is 2. The van der Waals surface area contributed by atoms with Crippen molar-refractivity contribution in [2.75, 3.05) is 16.4 Å². The Morgan fingerprint density at radius 2 is 1.54 bits per heavy atom. The monoisotopic (exact) mass is 432 g/mol. The van der Waals surface area contributed by atoms with Crippen LogP contribution in [0.15, 0.2) is 10.8 Å². The lowest BCUT2D eigenvalue weighted by Crippen LogP contribution is -2.04. The van der Waals surface area contributed by atoms with E-state index in [1.165, 1.54) is 36.5 Å². The quantitative estimate of drug-likeness (QED) is 0.504. The Morgan fingerprint density at radius 1 is 1.12 bits per heavy atom. The van der Waals surface area contributed by atoms with Crippen LogP contribution in [0.25, 0.3) is 0 Å². The molecule has 0 aliphatic rings. The molecule has 2 heterocycles. The molecule has 24 heavy (non-hydrogen) atoms. The molecule has 6 nitrogen and oxygen atoms in total. The van der Waals surface area contributed by atoms with Crippen molar-refractivity contribution in [2.45, 2.75) is 27.7 Å². The van der Waals surface area contributed by atoms with Crippen molar-refractivity contribution in [1.82, 2.24) is 9.97 Å². The maximum atomic E-state index is 10.5. The number of nitrogens with two attached hydrogens (primary N) is 1. The summed E-state index contributed by atoms with van der Waals surface area (Å²) in [6, 6.07) is 0. The fourth-order valence-electron chi connectivity index (χ4n) is 0.934. The normalized spacial score (nSPS) is 8.46. The predicted octanol–water partition coefficient (Wildman–Crippen LogP) is 4.64. The summed E-state index contributed by atoms with van der Waals surface area (Å²) >= 11 is 17.1. The standard InChI is InChI=1S/C6H8N2OS.C4H6N2S.C2H3ClO.CH2Cl2/c1-4-3-10-6(7-4)8-5(2)9;1-3-2-7-4(5)6-3;1-2(3)4;2-1-3/h3H,1-2H3,(H,7,8,9);2H,1H3,(H2,5,6);1H3;1H2. The smallest absolute Gasteiger partial charge is 0.223 e. The average Bonchev–Trinajstić information content (AvgIpc) is 2.98. The summed E-state index contributed by atoms with van der Waals surface area (Å²) in [5.74, 6) is -0.0747. The summed E-state index contributed by atoms with van der Waals surface area (Å²) in [7, 11) is 0. The Labute approximate surface area is 164 Å². The zero-order valence-electron chi connectivity index (χ0n) is 13.6. The SMILES string of the molecule is CC(=O)Cl.CC(=O)Nc1nc(C)cs1.Cc1csc(N)n1.ClCCl. The molecule has 2 rings (SSSR count). The van der Waals surface area contributed by atoms with E-state index in [1.54, 1.807) is 0 Å². The number of nitrogens with zero attached hydrogens (tertiary/aromatic N) is 2. The predicted molar refractivity (Wildman–Crippen MR) is 106 cm³/mol. The second-order valence-electron chi connectivity index (χ2n) is 3.87. The molecule has 0 atom stereocenters. The Bertz CT molecular complexity index is 585. The minimum Gasteiger partial charge on any atom is -0.375 e. The molecule has 11 heteroatoms. The fourth-order valence-corrected chi connectivity index (χ4v) is 2.21. The number of hydrogen-bond acceptors (Lipinski definition) is 7. The first kappa shape index (κ1) is 25.3. The molecule has 0 spiro atoms. The van der Waals surface area contributed by atoms with Crippen LogP contribution in [0, 0.1) is 13.8 Å². The lowest BCUT2D eigenvalue weighted by molar-refractivity contribution is -0.114. The lowest BCUT2D eigenvalue weighted by Gasteiger charge is -1.91. The molecule has 0 bridgehead atoms. The Kier molecular flexibility index (Phi) is 16.4. The van der Waals surface area contributed by atoms with Gasteiger partial charge in [0.2, 0.25) is 11.1 Å². The summed E-state index contributed by atoms with van der Waals surface area (Å²) in [5, 5.41) is 7.57. The van der Waals surface area contributed by atoms with E-state index in [4.69, 9.17) is 28.9 Å². The highest BCUT2D eigenvalue weighted by Gasteiger charge is 1.97. The van der Waals surface area contributed by atoms with Crippen LogP contribution in [0.2, 0.25) is 0 Å². The third-order valence-corrected chi connectivity index (χ3v) is 3.21. The van der Waals surface area contributed by atoms with E-state index in [0.29, 0.717) is 10.3 Å². The van der Waals surface area contributed by atoms with Crippen molar-refractivity contribution in [3.8, 4) is 0 Å². The Hall–Kier alpha value is -0.930. The van der Waals surface area contributed by atoms with E-state index in [9.17, 15) is 9.59 Å². The summed E-state index contributed by atoms with van der Waals surface area (Å²) in [5.41, 5.74) is 7.23. The van der Waals surface area contributed by atoms with Gasteiger partial charge in [0.05, 0.1) is 16.7 Å². The molecule has 1 amide bonds. The molecule has 3 N–H and O–H groups in total. The van der Waals surface area contributed by atoms with Gasteiger partial charge in [0.25, 0.3) is 0 Å². The number of anilines is 2. The number of amides is 1. The second-order valence-corrected chi connectivity index (χ2v) is 6.96. The highest BCUT2D eigenvalue weighted by atomic mass is 35.5. The molecule has 0 aromatic carbocycles. The van der Waals surface area contributed by atoms with E-state index in [-0.39, 0.29) is 16.5 Å². The van der Waals surface area contributed by atoms with Gasteiger partial charge in [-0.05, 0) is 25.4 Å². The zero-order valence-corrected chi connectivity index (χ0v) is 17.5. The number of nitrogen functional groups attached to an aromatic ring is 1. The van der Waals surface area contributed by atoms with Crippen molar-refractivity contribution in [1.29, 1.82) is 0 Å². The van der Waals surface area contributed by atoms with Gasteiger partial charge in [-0.1, -0.05) is 0 Å². The molecular weight excluding hydrogens is 415 g/mol. The number of halogens is 3. The maximum Gasteiger partial charge on any atom is 0.223 e. The molecule has 0 saturated carbocycles. The van der Waals surface area contributed by atoms with Gasteiger partial charge in [0.1, 0.15) is 0 Å². The molecular formula is C13H19Cl3N4O2S2. The Balaban J connectivity index is 0. The average molecular weight is 434 g/mol.